The van der Waals surface area contributed by atoms with Gasteiger partial charge in [-0.05, 0) is 42.7 Å². The van der Waals surface area contributed by atoms with E-state index in [4.69, 9.17) is 0 Å². The summed E-state index contributed by atoms with van der Waals surface area (Å²) in [6.07, 6.45) is 2.25. The molecule has 0 aliphatic carbocycles. The lowest BCUT2D eigenvalue weighted by Gasteiger charge is -2.12. The van der Waals surface area contributed by atoms with Crippen LogP contribution in [0, 0.1) is 12.7 Å². The lowest BCUT2D eigenvalue weighted by molar-refractivity contribution is 0.0941. The van der Waals surface area contributed by atoms with Crippen molar-refractivity contribution in [3.63, 3.8) is 0 Å². The van der Waals surface area contributed by atoms with Crippen LogP contribution < -0.4 is 5.32 Å². The molecule has 0 saturated heterocycles. The lowest BCUT2D eigenvalue weighted by Crippen LogP contribution is -2.14. The van der Waals surface area contributed by atoms with E-state index >= 15 is 0 Å². The second-order valence-electron chi connectivity index (χ2n) is 6.01. The van der Waals surface area contributed by atoms with E-state index in [0.29, 0.717) is 16.5 Å². The molecular weight excluding hydrogens is 319 g/mol. The standard InChI is InChI=1S/C20H19FN2O2/c1-4-14-7-5-6-12(2)19(14)22-20(25)17-11-23(13(3)24)18-10-15(21)8-9-16(17)18/h5-11H,4H2,1-3H3,(H,22,25). The Morgan fingerprint density at radius 3 is 2.64 bits per heavy atom. The molecule has 1 amide bonds. The molecule has 0 aliphatic heterocycles. The Bertz CT molecular complexity index is 989. The lowest BCUT2D eigenvalue weighted by atomic mass is 10.1. The van der Waals surface area contributed by atoms with E-state index in [1.165, 1.54) is 35.9 Å². The van der Waals surface area contributed by atoms with Crippen LogP contribution in [0.4, 0.5) is 10.1 Å². The summed E-state index contributed by atoms with van der Waals surface area (Å²) in [6.45, 7) is 5.33. The van der Waals surface area contributed by atoms with Gasteiger partial charge in [-0.3, -0.25) is 14.2 Å². The number of fused-ring (bicyclic) bond motifs is 1. The fraction of sp³-hybridized carbons (Fsp3) is 0.200. The van der Waals surface area contributed by atoms with Gasteiger partial charge in [-0.2, -0.15) is 0 Å². The summed E-state index contributed by atoms with van der Waals surface area (Å²) < 4.78 is 14.9. The Labute approximate surface area is 145 Å². The fourth-order valence-electron chi connectivity index (χ4n) is 3.02. The second-order valence-corrected chi connectivity index (χ2v) is 6.01. The minimum Gasteiger partial charge on any atom is -0.321 e. The van der Waals surface area contributed by atoms with Gasteiger partial charge in [0.1, 0.15) is 5.82 Å². The maximum Gasteiger partial charge on any atom is 0.257 e. The first-order valence-corrected chi connectivity index (χ1v) is 8.13. The summed E-state index contributed by atoms with van der Waals surface area (Å²) >= 11 is 0. The molecule has 25 heavy (non-hydrogen) atoms. The number of nitrogens with zero attached hydrogens (tertiary/aromatic N) is 1. The van der Waals surface area contributed by atoms with E-state index in [0.717, 1.165) is 23.2 Å². The topological polar surface area (TPSA) is 51.1 Å². The largest absolute Gasteiger partial charge is 0.321 e. The van der Waals surface area contributed by atoms with Gasteiger partial charge >= 0.3 is 0 Å². The molecule has 2 aromatic carbocycles. The van der Waals surface area contributed by atoms with Crippen LogP contribution in [0.2, 0.25) is 0 Å². The van der Waals surface area contributed by atoms with Crippen molar-refractivity contribution in [2.45, 2.75) is 27.2 Å². The van der Waals surface area contributed by atoms with Gasteiger partial charge < -0.3 is 5.32 Å². The smallest absolute Gasteiger partial charge is 0.257 e. The third kappa shape index (κ3) is 3.05. The highest BCUT2D eigenvalue weighted by Crippen LogP contribution is 2.26. The van der Waals surface area contributed by atoms with Gasteiger partial charge in [-0.1, -0.05) is 25.1 Å². The van der Waals surface area contributed by atoms with Crippen molar-refractivity contribution in [2.75, 3.05) is 5.32 Å². The zero-order valence-electron chi connectivity index (χ0n) is 14.4. The van der Waals surface area contributed by atoms with Crippen molar-refractivity contribution in [3.05, 3.63) is 65.1 Å². The van der Waals surface area contributed by atoms with E-state index in [2.05, 4.69) is 5.32 Å². The molecule has 3 aromatic rings. The van der Waals surface area contributed by atoms with Crippen LogP contribution in [0.3, 0.4) is 0 Å². The summed E-state index contributed by atoms with van der Waals surface area (Å²) in [5, 5.41) is 3.49. The van der Waals surface area contributed by atoms with E-state index in [-0.39, 0.29) is 11.8 Å². The number of halogens is 1. The van der Waals surface area contributed by atoms with Gasteiger partial charge in [0.05, 0.1) is 11.1 Å². The summed E-state index contributed by atoms with van der Waals surface area (Å²) in [6, 6.07) is 9.93. The van der Waals surface area contributed by atoms with Crippen LogP contribution in [-0.2, 0) is 6.42 Å². The van der Waals surface area contributed by atoms with Gasteiger partial charge in [0.25, 0.3) is 5.91 Å². The summed E-state index contributed by atoms with van der Waals surface area (Å²) in [7, 11) is 0. The molecule has 0 fully saturated rings. The van der Waals surface area contributed by atoms with E-state index in [9.17, 15) is 14.0 Å². The number of rotatable bonds is 3. The summed E-state index contributed by atoms with van der Waals surface area (Å²) in [5.74, 6) is -1.05. The number of hydrogen-bond acceptors (Lipinski definition) is 2. The van der Waals surface area contributed by atoms with Gasteiger partial charge in [0, 0.05) is 24.2 Å². The van der Waals surface area contributed by atoms with Gasteiger partial charge in [-0.15, -0.1) is 0 Å². The van der Waals surface area contributed by atoms with E-state index in [1.807, 2.05) is 32.0 Å². The van der Waals surface area contributed by atoms with Crippen molar-refractivity contribution < 1.29 is 14.0 Å². The van der Waals surface area contributed by atoms with Crippen molar-refractivity contribution in [3.8, 4) is 0 Å². The Morgan fingerprint density at radius 2 is 1.96 bits per heavy atom. The molecule has 5 heteroatoms. The Morgan fingerprint density at radius 1 is 1.20 bits per heavy atom. The Balaban J connectivity index is 2.08. The third-order valence-electron chi connectivity index (χ3n) is 4.33. The average Bonchev–Trinajstić information content (AvgIpc) is 2.95. The van der Waals surface area contributed by atoms with Crippen molar-refractivity contribution >= 4 is 28.4 Å². The molecule has 0 radical (unpaired) electrons. The zero-order chi connectivity index (χ0) is 18.1. The first kappa shape index (κ1) is 16.9. The summed E-state index contributed by atoms with van der Waals surface area (Å²) in [4.78, 5) is 24.7. The first-order valence-electron chi connectivity index (χ1n) is 8.13. The minimum atomic E-state index is -0.452. The second kappa shape index (κ2) is 6.51. The number of aromatic nitrogens is 1. The number of nitrogens with one attached hydrogen (secondary N) is 1. The van der Waals surface area contributed by atoms with Crippen LogP contribution in [-0.4, -0.2) is 16.4 Å². The average molecular weight is 338 g/mol. The SMILES string of the molecule is CCc1cccc(C)c1NC(=O)c1cn(C(C)=O)c2cc(F)ccc12. The van der Waals surface area contributed by atoms with Crippen LogP contribution in [0.15, 0.2) is 42.6 Å². The predicted molar refractivity (Wildman–Crippen MR) is 96.7 cm³/mol. The van der Waals surface area contributed by atoms with Crippen LogP contribution in [0.1, 0.15) is 40.1 Å². The van der Waals surface area contributed by atoms with Crippen LogP contribution >= 0.6 is 0 Å². The quantitative estimate of drug-likeness (QED) is 0.761. The number of para-hydroxylation sites is 1. The number of amides is 1. The number of carbonyl (C=O) groups is 2. The van der Waals surface area contributed by atoms with E-state index < -0.39 is 5.82 Å². The van der Waals surface area contributed by atoms with Crippen LogP contribution in [0.25, 0.3) is 10.9 Å². The highest BCUT2D eigenvalue weighted by molar-refractivity contribution is 6.14. The maximum atomic E-state index is 13.6. The van der Waals surface area contributed by atoms with Crippen molar-refractivity contribution in [1.82, 2.24) is 4.57 Å². The molecule has 4 nitrogen and oxygen atoms in total. The molecule has 1 N–H and O–H groups in total. The Kier molecular flexibility index (Phi) is 4.40. The maximum absolute atomic E-state index is 13.6. The molecule has 0 saturated carbocycles. The third-order valence-corrected chi connectivity index (χ3v) is 4.33. The highest BCUT2D eigenvalue weighted by atomic mass is 19.1. The minimum absolute atomic E-state index is 0.278. The van der Waals surface area contributed by atoms with E-state index in [1.54, 1.807) is 0 Å². The molecule has 0 aliphatic rings. The molecule has 0 spiro atoms. The molecule has 1 heterocycles. The number of anilines is 1. The highest BCUT2D eigenvalue weighted by Gasteiger charge is 2.18. The number of aryl methyl sites for hydroxylation is 2. The predicted octanol–water partition coefficient (Wildman–Crippen LogP) is 4.56. The molecule has 128 valence electrons. The number of benzene rings is 2. The molecule has 0 unspecified atom stereocenters. The van der Waals surface area contributed by atoms with Crippen LogP contribution in [0.5, 0.6) is 0 Å². The molecule has 3 rings (SSSR count). The summed E-state index contributed by atoms with van der Waals surface area (Å²) in [5.41, 5.74) is 3.51. The van der Waals surface area contributed by atoms with Gasteiger partial charge in [0.2, 0.25) is 5.91 Å². The van der Waals surface area contributed by atoms with Crippen molar-refractivity contribution in [1.29, 1.82) is 0 Å². The number of carbonyl (C=O) groups excluding carboxylic acids is 2. The molecular formula is C20H19FN2O2. The Hall–Kier alpha value is -2.95. The molecule has 0 atom stereocenters. The molecule has 1 aromatic heterocycles. The monoisotopic (exact) mass is 338 g/mol. The number of hydrogen-bond donors (Lipinski definition) is 1. The van der Waals surface area contributed by atoms with Gasteiger partial charge in [0.15, 0.2) is 0 Å². The van der Waals surface area contributed by atoms with Crippen molar-refractivity contribution in [2.24, 2.45) is 0 Å². The zero-order valence-corrected chi connectivity index (χ0v) is 14.4. The normalized spacial score (nSPS) is 10.9. The fourth-order valence-corrected chi connectivity index (χ4v) is 3.02. The van der Waals surface area contributed by atoms with Gasteiger partial charge in [-0.25, -0.2) is 4.39 Å². The molecule has 0 bridgehead atoms. The first-order chi connectivity index (χ1) is 11.9.